The lowest BCUT2D eigenvalue weighted by Gasteiger charge is -1.87. The molecule has 3 heteroatoms. The first-order valence-electron chi connectivity index (χ1n) is 3.13. The Morgan fingerprint density at radius 2 is 2.00 bits per heavy atom. The van der Waals surface area contributed by atoms with E-state index in [-0.39, 0.29) is 0 Å². The van der Waals surface area contributed by atoms with Crippen LogP contribution in [-0.4, -0.2) is 0 Å². The molecule has 0 saturated heterocycles. The largest absolute Gasteiger partial charge is 0.332 e. The zero-order valence-corrected chi connectivity index (χ0v) is 5.81. The van der Waals surface area contributed by atoms with Gasteiger partial charge in [0.1, 0.15) is 6.26 Å². The van der Waals surface area contributed by atoms with Gasteiger partial charge in [-0.15, -0.1) is 4.91 Å². The van der Waals surface area contributed by atoms with Gasteiger partial charge in [-0.25, -0.2) is 0 Å². The maximum Gasteiger partial charge on any atom is 0.160 e. The Kier molecular flexibility index (Phi) is 2.86. The number of hydrogen-bond donors (Lipinski definition) is 0. The molecule has 0 aromatic heterocycles. The topological polar surface area (TPSA) is 38.7 Å². The Hall–Kier alpha value is -1.64. The van der Waals surface area contributed by atoms with Gasteiger partial charge in [0.15, 0.2) is 5.34 Å². The van der Waals surface area contributed by atoms with Crippen LogP contribution in [0.3, 0.4) is 0 Å². The van der Waals surface area contributed by atoms with Gasteiger partial charge in [0.2, 0.25) is 0 Å². The zero-order valence-electron chi connectivity index (χ0n) is 5.81. The SMILES string of the molecule is O=NOC=Cc1ccccc1. The minimum Gasteiger partial charge on any atom is -0.332 e. The lowest BCUT2D eigenvalue weighted by molar-refractivity contribution is 0.265. The van der Waals surface area contributed by atoms with Crippen LogP contribution >= 0.6 is 0 Å². The molecule has 0 N–H and O–H groups in total. The van der Waals surface area contributed by atoms with Gasteiger partial charge in [-0.1, -0.05) is 30.3 Å². The summed E-state index contributed by atoms with van der Waals surface area (Å²) in [7, 11) is 0. The van der Waals surface area contributed by atoms with Gasteiger partial charge in [-0.3, -0.25) is 0 Å². The van der Waals surface area contributed by atoms with Crippen molar-refractivity contribution in [3.05, 3.63) is 47.1 Å². The van der Waals surface area contributed by atoms with Crippen molar-refractivity contribution in [2.75, 3.05) is 0 Å². The molecule has 56 valence electrons. The van der Waals surface area contributed by atoms with E-state index in [2.05, 4.69) is 10.2 Å². The summed E-state index contributed by atoms with van der Waals surface area (Å²) in [5.41, 5.74) is 0.969. The third-order valence-electron chi connectivity index (χ3n) is 1.16. The van der Waals surface area contributed by atoms with E-state index in [1.165, 1.54) is 6.26 Å². The fraction of sp³-hybridized carbons (Fsp3) is 0. The fourth-order valence-corrected chi connectivity index (χ4v) is 0.698. The molecule has 11 heavy (non-hydrogen) atoms. The van der Waals surface area contributed by atoms with Crippen LogP contribution in [0.2, 0.25) is 0 Å². The summed E-state index contributed by atoms with van der Waals surface area (Å²) >= 11 is 0. The van der Waals surface area contributed by atoms with Crippen LogP contribution in [0.4, 0.5) is 0 Å². The van der Waals surface area contributed by atoms with Crippen LogP contribution in [0.15, 0.2) is 41.9 Å². The molecule has 0 aliphatic carbocycles. The summed E-state index contributed by atoms with van der Waals surface area (Å²) in [5, 5.41) is 2.21. The quantitative estimate of drug-likeness (QED) is 0.376. The van der Waals surface area contributed by atoms with E-state index in [0.717, 1.165) is 5.56 Å². The molecule has 1 rings (SSSR count). The summed E-state index contributed by atoms with van der Waals surface area (Å²) in [6.07, 6.45) is 2.89. The number of benzene rings is 1. The molecule has 3 nitrogen and oxygen atoms in total. The highest BCUT2D eigenvalue weighted by Gasteiger charge is 1.80. The monoisotopic (exact) mass is 149 g/mol. The molecular weight excluding hydrogens is 142 g/mol. The summed E-state index contributed by atoms with van der Waals surface area (Å²) in [5.74, 6) is 0. The van der Waals surface area contributed by atoms with Crippen molar-refractivity contribution in [1.82, 2.24) is 0 Å². The lowest BCUT2D eigenvalue weighted by Crippen LogP contribution is -1.68. The molecular formula is C8H7NO2. The maximum atomic E-state index is 9.47. The molecule has 0 radical (unpaired) electrons. The third-order valence-corrected chi connectivity index (χ3v) is 1.16. The standard InChI is InChI=1S/C8H7NO2/c10-9-11-7-6-8-4-2-1-3-5-8/h1-7H. The first-order valence-corrected chi connectivity index (χ1v) is 3.13. The molecule has 0 fully saturated rings. The Balaban J connectivity index is 2.57. The van der Waals surface area contributed by atoms with Crippen LogP contribution in [0.25, 0.3) is 6.08 Å². The van der Waals surface area contributed by atoms with Crippen molar-refractivity contribution in [2.24, 2.45) is 5.34 Å². The van der Waals surface area contributed by atoms with Crippen LogP contribution in [0, 0.1) is 4.91 Å². The highest BCUT2D eigenvalue weighted by atomic mass is 16.7. The molecule has 0 unspecified atom stereocenters. The normalized spacial score (nSPS) is 9.82. The first-order chi connectivity index (χ1) is 5.43. The van der Waals surface area contributed by atoms with Crippen molar-refractivity contribution in [2.45, 2.75) is 0 Å². The van der Waals surface area contributed by atoms with E-state index in [4.69, 9.17) is 0 Å². The molecule has 0 atom stereocenters. The molecule has 0 amide bonds. The Labute approximate surface area is 64.2 Å². The molecule has 0 spiro atoms. The summed E-state index contributed by atoms with van der Waals surface area (Å²) in [6, 6.07) is 9.49. The van der Waals surface area contributed by atoms with Crippen molar-refractivity contribution in [1.29, 1.82) is 0 Å². The average molecular weight is 149 g/mol. The number of hydrogen-bond acceptors (Lipinski definition) is 3. The van der Waals surface area contributed by atoms with Crippen LogP contribution in [-0.2, 0) is 4.84 Å². The van der Waals surface area contributed by atoms with Crippen LogP contribution in [0.1, 0.15) is 5.56 Å². The van der Waals surface area contributed by atoms with E-state index in [1.807, 2.05) is 30.3 Å². The smallest absolute Gasteiger partial charge is 0.160 e. The molecule has 0 aliphatic heterocycles. The highest BCUT2D eigenvalue weighted by Crippen LogP contribution is 2.00. The second kappa shape index (κ2) is 4.22. The van der Waals surface area contributed by atoms with Crippen molar-refractivity contribution in [3.63, 3.8) is 0 Å². The molecule has 0 saturated carbocycles. The van der Waals surface area contributed by atoms with Crippen molar-refractivity contribution >= 4 is 6.08 Å². The summed E-state index contributed by atoms with van der Waals surface area (Å²) in [4.78, 5) is 13.6. The van der Waals surface area contributed by atoms with Crippen LogP contribution in [0.5, 0.6) is 0 Å². The van der Waals surface area contributed by atoms with Gasteiger partial charge in [-0.2, -0.15) is 0 Å². The third kappa shape index (κ3) is 2.62. The number of nitrogens with zero attached hydrogens (tertiary/aromatic N) is 1. The van der Waals surface area contributed by atoms with E-state index >= 15 is 0 Å². The minimum atomic E-state index is 0.969. The Morgan fingerprint density at radius 3 is 2.64 bits per heavy atom. The molecule has 0 bridgehead atoms. The van der Waals surface area contributed by atoms with E-state index in [1.54, 1.807) is 6.08 Å². The van der Waals surface area contributed by atoms with E-state index < -0.39 is 0 Å². The van der Waals surface area contributed by atoms with Gasteiger partial charge < -0.3 is 4.84 Å². The highest BCUT2D eigenvalue weighted by molar-refractivity contribution is 5.47. The van der Waals surface area contributed by atoms with Gasteiger partial charge in [-0.05, 0) is 11.6 Å². The van der Waals surface area contributed by atoms with Gasteiger partial charge in [0.25, 0.3) is 0 Å². The maximum absolute atomic E-state index is 9.47. The van der Waals surface area contributed by atoms with Crippen molar-refractivity contribution in [3.8, 4) is 0 Å². The average Bonchev–Trinajstić information content (AvgIpc) is 2.07. The zero-order chi connectivity index (χ0) is 7.94. The van der Waals surface area contributed by atoms with Gasteiger partial charge in [0, 0.05) is 0 Å². The molecule has 0 aliphatic rings. The first kappa shape index (κ1) is 7.47. The minimum absolute atomic E-state index is 0.969. The second-order valence-corrected chi connectivity index (χ2v) is 1.89. The molecule has 0 heterocycles. The van der Waals surface area contributed by atoms with E-state index in [0.29, 0.717) is 0 Å². The van der Waals surface area contributed by atoms with Gasteiger partial charge >= 0.3 is 0 Å². The van der Waals surface area contributed by atoms with Crippen molar-refractivity contribution < 1.29 is 4.84 Å². The molecule has 1 aromatic rings. The predicted molar refractivity (Wildman–Crippen MR) is 42.4 cm³/mol. The summed E-state index contributed by atoms with van der Waals surface area (Å²) in [6.45, 7) is 0. The lowest BCUT2D eigenvalue weighted by atomic mass is 10.2. The van der Waals surface area contributed by atoms with Crippen LogP contribution < -0.4 is 0 Å². The number of rotatable bonds is 3. The Bertz CT molecular complexity index is 244. The predicted octanol–water partition coefficient (Wildman–Crippen LogP) is 2.36. The van der Waals surface area contributed by atoms with E-state index in [9.17, 15) is 4.91 Å². The Morgan fingerprint density at radius 1 is 1.27 bits per heavy atom. The fourth-order valence-electron chi connectivity index (χ4n) is 0.698. The second-order valence-electron chi connectivity index (χ2n) is 1.89. The van der Waals surface area contributed by atoms with Gasteiger partial charge in [0.05, 0.1) is 0 Å². The summed E-state index contributed by atoms with van der Waals surface area (Å²) < 4.78 is 0. The molecule has 1 aromatic carbocycles.